The van der Waals surface area contributed by atoms with E-state index in [2.05, 4.69) is 27.1 Å². The highest BCUT2D eigenvalue weighted by Gasteiger charge is 2.17. The van der Waals surface area contributed by atoms with E-state index in [1.165, 1.54) is 12.8 Å². The van der Waals surface area contributed by atoms with Crippen molar-refractivity contribution >= 4 is 29.9 Å². The molecule has 136 valence electrons. The van der Waals surface area contributed by atoms with E-state index >= 15 is 0 Å². The molecule has 1 aliphatic rings. The summed E-state index contributed by atoms with van der Waals surface area (Å²) in [6.45, 7) is 4.68. The molecule has 8 heteroatoms. The fraction of sp³-hybridized carbons (Fsp3) is 0.471. The SMILES string of the molecule is COc1ccc(-n2cc(CN=C(N)N3CCC(C)CC3)nn2)cc1.I. The Hall–Kier alpha value is -1.84. The molecule has 7 nitrogen and oxygen atoms in total. The fourth-order valence-electron chi connectivity index (χ4n) is 2.73. The molecule has 2 N–H and O–H groups in total. The Kier molecular flexibility index (Phi) is 7.03. The summed E-state index contributed by atoms with van der Waals surface area (Å²) < 4.78 is 6.88. The van der Waals surface area contributed by atoms with Crippen LogP contribution in [0.25, 0.3) is 5.69 Å². The van der Waals surface area contributed by atoms with Gasteiger partial charge in [0.1, 0.15) is 11.4 Å². The molecule has 0 amide bonds. The number of aliphatic imine (C=N–C) groups is 1. The van der Waals surface area contributed by atoms with E-state index in [1.807, 2.05) is 30.5 Å². The lowest BCUT2D eigenvalue weighted by Crippen LogP contribution is -2.42. The normalized spacial score (nSPS) is 15.8. The molecular formula is C17H25IN6O. The third-order valence-electron chi connectivity index (χ3n) is 4.39. The molecule has 0 unspecified atom stereocenters. The van der Waals surface area contributed by atoms with Gasteiger partial charge in [-0.1, -0.05) is 12.1 Å². The van der Waals surface area contributed by atoms with Crippen LogP contribution in [-0.4, -0.2) is 46.1 Å². The van der Waals surface area contributed by atoms with Gasteiger partial charge in [-0.3, -0.25) is 0 Å². The number of benzene rings is 1. The van der Waals surface area contributed by atoms with Crippen molar-refractivity contribution in [2.24, 2.45) is 16.6 Å². The molecule has 0 spiro atoms. The molecule has 2 heterocycles. The van der Waals surface area contributed by atoms with Crippen molar-refractivity contribution in [1.82, 2.24) is 19.9 Å². The van der Waals surface area contributed by atoms with Crippen LogP contribution in [-0.2, 0) is 6.54 Å². The highest BCUT2D eigenvalue weighted by molar-refractivity contribution is 14.0. The predicted octanol–water partition coefficient (Wildman–Crippen LogP) is 2.44. The van der Waals surface area contributed by atoms with E-state index < -0.39 is 0 Å². The summed E-state index contributed by atoms with van der Waals surface area (Å²) in [5.74, 6) is 2.19. The van der Waals surface area contributed by atoms with Crippen LogP contribution < -0.4 is 10.5 Å². The van der Waals surface area contributed by atoms with E-state index in [9.17, 15) is 0 Å². The van der Waals surface area contributed by atoms with E-state index in [-0.39, 0.29) is 24.0 Å². The number of rotatable bonds is 4. The third kappa shape index (κ3) is 5.07. The number of nitrogens with zero attached hydrogens (tertiary/aromatic N) is 5. The fourth-order valence-corrected chi connectivity index (χ4v) is 2.73. The Morgan fingerprint density at radius 2 is 1.96 bits per heavy atom. The minimum Gasteiger partial charge on any atom is -0.497 e. The average molecular weight is 456 g/mol. The molecule has 1 aromatic carbocycles. The maximum absolute atomic E-state index is 6.10. The molecule has 0 saturated carbocycles. The molecule has 0 radical (unpaired) electrons. The van der Waals surface area contributed by atoms with Gasteiger partial charge in [-0.25, -0.2) is 9.67 Å². The molecule has 0 aliphatic carbocycles. The summed E-state index contributed by atoms with van der Waals surface area (Å²) in [6.07, 6.45) is 4.21. The molecule has 2 aromatic rings. The summed E-state index contributed by atoms with van der Waals surface area (Å²) in [6, 6.07) is 7.65. The maximum atomic E-state index is 6.10. The van der Waals surface area contributed by atoms with Gasteiger partial charge >= 0.3 is 0 Å². The highest BCUT2D eigenvalue weighted by Crippen LogP contribution is 2.16. The predicted molar refractivity (Wildman–Crippen MR) is 109 cm³/mol. The molecule has 1 aliphatic heterocycles. The number of aromatic nitrogens is 3. The lowest BCUT2D eigenvalue weighted by atomic mass is 10.00. The molecule has 1 aromatic heterocycles. The minimum atomic E-state index is 0. The summed E-state index contributed by atoms with van der Waals surface area (Å²) >= 11 is 0. The summed E-state index contributed by atoms with van der Waals surface area (Å²) in [5.41, 5.74) is 7.82. The second-order valence-electron chi connectivity index (χ2n) is 6.20. The van der Waals surface area contributed by atoms with Gasteiger partial charge < -0.3 is 15.4 Å². The van der Waals surface area contributed by atoms with E-state index in [0.717, 1.165) is 36.1 Å². The number of guanidine groups is 1. The first-order valence-corrected chi connectivity index (χ1v) is 8.26. The largest absolute Gasteiger partial charge is 0.497 e. The van der Waals surface area contributed by atoms with Crippen LogP contribution in [0.2, 0.25) is 0 Å². The van der Waals surface area contributed by atoms with Crippen molar-refractivity contribution in [1.29, 1.82) is 0 Å². The van der Waals surface area contributed by atoms with Crippen molar-refractivity contribution in [3.05, 3.63) is 36.2 Å². The number of ether oxygens (including phenoxy) is 1. The van der Waals surface area contributed by atoms with Crippen LogP contribution in [0.15, 0.2) is 35.5 Å². The van der Waals surface area contributed by atoms with Gasteiger partial charge in [-0.15, -0.1) is 29.1 Å². The van der Waals surface area contributed by atoms with E-state index in [4.69, 9.17) is 10.5 Å². The summed E-state index contributed by atoms with van der Waals surface area (Å²) in [7, 11) is 1.65. The third-order valence-corrected chi connectivity index (χ3v) is 4.39. The topological polar surface area (TPSA) is 81.6 Å². The standard InChI is InChI=1S/C17H24N6O.HI/c1-13-7-9-22(10-8-13)17(18)19-11-14-12-23(21-20-14)15-3-5-16(24-2)6-4-15;/h3-6,12-13H,7-11H2,1-2H3,(H2,18,19);1H. The van der Waals surface area contributed by atoms with Gasteiger partial charge in [0.2, 0.25) is 0 Å². The van der Waals surface area contributed by atoms with Crippen molar-refractivity contribution in [3.63, 3.8) is 0 Å². The summed E-state index contributed by atoms with van der Waals surface area (Å²) in [4.78, 5) is 6.61. The maximum Gasteiger partial charge on any atom is 0.191 e. The Labute approximate surface area is 165 Å². The quantitative estimate of drug-likeness (QED) is 0.434. The molecule has 3 rings (SSSR count). The van der Waals surface area contributed by atoms with Gasteiger partial charge in [0.15, 0.2) is 5.96 Å². The Balaban J connectivity index is 0.00000225. The number of piperidine rings is 1. The highest BCUT2D eigenvalue weighted by atomic mass is 127. The minimum absolute atomic E-state index is 0. The van der Waals surface area contributed by atoms with Gasteiger partial charge in [-0.05, 0) is 43.0 Å². The van der Waals surface area contributed by atoms with E-state index in [0.29, 0.717) is 12.5 Å². The molecular weight excluding hydrogens is 431 g/mol. The summed E-state index contributed by atoms with van der Waals surface area (Å²) in [5, 5.41) is 8.31. The number of halogens is 1. The average Bonchev–Trinajstić information content (AvgIpc) is 3.09. The molecule has 1 fully saturated rings. The lowest BCUT2D eigenvalue weighted by molar-refractivity contribution is 0.277. The van der Waals surface area contributed by atoms with Crippen molar-refractivity contribution in [2.75, 3.05) is 20.2 Å². The molecule has 25 heavy (non-hydrogen) atoms. The second kappa shape index (κ2) is 9.02. The van der Waals surface area contributed by atoms with Crippen LogP contribution in [0.3, 0.4) is 0 Å². The number of methoxy groups -OCH3 is 1. The second-order valence-corrected chi connectivity index (χ2v) is 6.20. The molecule has 0 atom stereocenters. The number of nitrogens with two attached hydrogens (primary N) is 1. The van der Waals surface area contributed by atoms with Gasteiger partial charge in [0.25, 0.3) is 0 Å². The van der Waals surface area contributed by atoms with Crippen LogP contribution >= 0.6 is 24.0 Å². The Bertz CT molecular complexity index is 691. The first kappa shape index (κ1) is 19.5. The monoisotopic (exact) mass is 456 g/mol. The van der Waals surface area contributed by atoms with Crippen LogP contribution in [0.4, 0.5) is 0 Å². The zero-order valence-corrected chi connectivity index (χ0v) is 17.0. The smallest absolute Gasteiger partial charge is 0.191 e. The van der Waals surface area contributed by atoms with Crippen molar-refractivity contribution < 1.29 is 4.74 Å². The van der Waals surface area contributed by atoms with Crippen LogP contribution in [0, 0.1) is 5.92 Å². The molecule has 1 saturated heterocycles. The van der Waals surface area contributed by atoms with Gasteiger partial charge in [0, 0.05) is 13.1 Å². The van der Waals surface area contributed by atoms with E-state index in [1.54, 1.807) is 11.8 Å². The number of hydrogen-bond donors (Lipinski definition) is 1. The van der Waals surface area contributed by atoms with Gasteiger partial charge in [0.05, 0.1) is 25.5 Å². The zero-order chi connectivity index (χ0) is 16.9. The van der Waals surface area contributed by atoms with Crippen LogP contribution in [0.1, 0.15) is 25.5 Å². The Morgan fingerprint density at radius 3 is 2.60 bits per heavy atom. The Morgan fingerprint density at radius 1 is 1.28 bits per heavy atom. The van der Waals surface area contributed by atoms with Crippen molar-refractivity contribution in [2.45, 2.75) is 26.3 Å². The molecule has 0 bridgehead atoms. The van der Waals surface area contributed by atoms with Crippen molar-refractivity contribution in [3.8, 4) is 11.4 Å². The first-order chi connectivity index (χ1) is 11.7. The van der Waals surface area contributed by atoms with Crippen LogP contribution in [0.5, 0.6) is 5.75 Å². The van der Waals surface area contributed by atoms with Gasteiger partial charge in [-0.2, -0.15) is 0 Å². The zero-order valence-electron chi connectivity index (χ0n) is 14.6. The number of likely N-dealkylation sites (tertiary alicyclic amines) is 1. The first-order valence-electron chi connectivity index (χ1n) is 8.26. The number of hydrogen-bond acceptors (Lipinski definition) is 4. The lowest BCUT2D eigenvalue weighted by Gasteiger charge is -2.30.